The SMILES string of the molecule is CCOC(=O)C1=C(C)N=c2sc(=Cc3ccc(O)c(Br)c3)c(=O)n2C1c1c(OC)ccc2ccccc12. The first kappa shape index (κ1) is 25.0. The van der Waals surface area contributed by atoms with Gasteiger partial charge in [-0.05, 0) is 70.4 Å². The predicted molar refractivity (Wildman–Crippen MR) is 147 cm³/mol. The van der Waals surface area contributed by atoms with Gasteiger partial charge in [0, 0.05) is 5.56 Å². The highest BCUT2D eigenvalue weighted by molar-refractivity contribution is 9.10. The van der Waals surface area contributed by atoms with Gasteiger partial charge >= 0.3 is 5.97 Å². The van der Waals surface area contributed by atoms with E-state index in [0.717, 1.165) is 16.3 Å². The number of thiazole rings is 1. The van der Waals surface area contributed by atoms with Crippen molar-refractivity contribution < 1.29 is 19.4 Å². The molecule has 188 valence electrons. The third-order valence-electron chi connectivity index (χ3n) is 6.21. The number of phenols is 1. The second-order valence-corrected chi connectivity index (χ2v) is 10.3. The average Bonchev–Trinajstić information content (AvgIpc) is 3.19. The smallest absolute Gasteiger partial charge is 0.338 e. The number of halogens is 1. The molecular formula is C28H23BrN2O5S. The molecular weight excluding hydrogens is 556 g/mol. The Hall–Kier alpha value is -3.69. The zero-order chi connectivity index (χ0) is 26.3. The van der Waals surface area contributed by atoms with Crippen LogP contribution in [0.15, 0.2) is 80.1 Å². The molecule has 0 bridgehead atoms. The number of benzene rings is 3. The Morgan fingerprint density at radius 3 is 2.73 bits per heavy atom. The highest BCUT2D eigenvalue weighted by Gasteiger charge is 2.36. The van der Waals surface area contributed by atoms with Crippen LogP contribution >= 0.6 is 27.3 Å². The van der Waals surface area contributed by atoms with Gasteiger partial charge in [0.2, 0.25) is 0 Å². The number of hydrogen-bond donors (Lipinski definition) is 1. The molecule has 9 heteroatoms. The molecule has 4 aromatic rings. The molecule has 0 saturated carbocycles. The summed E-state index contributed by atoms with van der Waals surface area (Å²) in [5.41, 5.74) is 1.91. The molecule has 1 unspecified atom stereocenters. The predicted octanol–water partition coefficient (Wildman–Crippen LogP) is 4.43. The first-order chi connectivity index (χ1) is 17.8. The Morgan fingerprint density at radius 1 is 1.22 bits per heavy atom. The number of rotatable bonds is 5. The molecule has 2 heterocycles. The van der Waals surface area contributed by atoms with E-state index >= 15 is 0 Å². The number of esters is 1. The van der Waals surface area contributed by atoms with E-state index in [1.165, 1.54) is 11.3 Å². The number of methoxy groups -OCH3 is 1. The minimum Gasteiger partial charge on any atom is -0.507 e. The maximum absolute atomic E-state index is 13.9. The van der Waals surface area contributed by atoms with Crippen molar-refractivity contribution in [3.8, 4) is 11.5 Å². The minimum absolute atomic E-state index is 0.108. The number of phenolic OH excluding ortho intramolecular Hbond substituents is 1. The number of hydrogen-bond acceptors (Lipinski definition) is 7. The van der Waals surface area contributed by atoms with Crippen LogP contribution in [0.3, 0.4) is 0 Å². The highest BCUT2D eigenvalue weighted by atomic mass is 79.9. The fraction of sp³-hybridized carbons (Fsp3) is 0.179. The first-order valence-corrected chi connectivity index (χ1v) is 13.2. The minimum atomic E-state index is -0.801. The molecule has 0 spiro atoms. The molecule has 7 nitrogen and oxygen atoms in total. The van der Waals surface area contributed by atoms with Crippen LogP contribution in [0.25, 0.3) is 16.8 Å². The second-order valence-electron chi connectivity index (χ2n) is 8.42. The lowest BCUT2D eigenvalue weighted by atomic mass is 9.90. The molecule has 5 rings (SSSR count). The van der Waals surface area contributed by atoms with E-state index in [-0.39, 0.29) is 17.9 Å². The molecule has 1 aliphatic heterocycles. The fourth-order valence-corrected chi connectivity index (χ4v) is 6.01. The van der Waals surface area contributed by atoms with Crippen molar-refractivity contribution >= 4 is 50.1 Å². The molecule has 0 amide bonds. The monoisotopic (exact) mass is 578 g/mol. The van der Waals surface area contributed by atoms with Crippen molar-refractivity contribution in [2.75, 3.05) is 13.7 Å². The second kappa shape index (κ2) is 9.99. The lowest BCUT2D eigenvalue weighted by molar-refractivity contribution is -0.139. The standard InChI is InChI=1S/C28H23BrN2O5S/c1-4-36-27(34)23-15(2)30-28-31(26(33)22(37-28)14-16-9-11-20(32)19(29)13-16)25(23)24-18-8-6-5-7-17(18)10-12-21(24)35-3/h5-14,25,32H,4H2,1-3H3. The van der Waals surface area contributed by atoms with E-state index in [9.17, 15) is 14.7 Å². The number of ether oxygens (including phenoxy) is 2. The number of carbonyl (C=O) groups is 1. The fourth-order valence-electron chi connectivity index (χ4n) is 4.56. The third kappa shape index (κ3) is 4.38. The van der Waals surface area contributed by atoms with Gasteiger partial charge in [-0.1, -0.05) is 47.7 Å². The van der Waals surface area contributed by atoms with Crippen LogP contribution in [0.4, 0.5) is 0 Å². The van der Waals surface area contributed by atoms with Gasteiger partial charge in [0.05, 0.1) is 34.0 Å². The van der Waals surface area contributed by atoms with Crippen LogP contribution in [0.5, 0.6) is 11.5 Å². The van der Waals surface area contributed by atoms with Gasteiger partial charge in [0.1, 0.15) is 17.5 Å². The molecule has 3 aromatic carbocycles. The summed E-state index contributed by atoms with van der Waals surface area (Å²) in [4.78, 5) is 32.3. The van der Waals surface area contributed by atoms with Gasteiger partial charge in [0.15, 0.2) is 4.80 Å². The van der Waals surface area contributed by atoms with Crippen LogP contribution in [0, 0.1) is 0 Å². The topological polar surface area (TPSA) is 90.1 Å². The highest BCUT2D eigenvalue weighted by Crippen LogP contribution is 2.40. The molecule has 37 heavy (non-hydrogen) atoms. The molecule has 1 aliphatic rings. The van der Waals surface area contributed by atoms with Gasteiger partial charge in [-0.15, -0.1) is 0 Å². The number of nitrogens with zero attached hydrogens (tertiary/aromatic N) is 2. The zero-order valence-corrected chi connectivity index (χ0v) is 22.7. The summed E-state index contributed by atoms with van der Waals surface area (Å²) in [6.07, 6.45) is 1.74. The number of carbonyl (C=O) groups excluding carboxylic acids is 1. The van der Waals surface area contributed by atoms with Crippen LogP contribution in [-0.4, -0.2) is 29.4 Å². The average molecular weight is 579 g/mol. The molecule has 0 aliphatic carbocycles. The van der Waals surface area contributed by atoms with Crippen molar-refractivity contribution in [3.05, 3.63) is 101 Å². The Morgan fingerprint density at radius 2 is 2.00 bits per heavy atom. The summed E-state index contributed by atoms with van der Waals surface area (Å²) in [5, 5.41) is 11.7. The van der Waals surface area contributed by atoms with Crippen LogP contribution in [0.2, 0.25) is 0 Å². The Bertz CT molecular complexity index is 1770. The van der Waals surface area contributed by atoms with Crippen LogP contribution in [-0.2, 0) is 9.53 Å². The van der Waals surface area contributed by atoms with Crippen LogP contribution in [0.1, 0.15) is 31.0 Å². The lowest BCUT2D eigenvalue weighted by Crippen LogP contribution is -2.40. The molecule has 1 aromatic heterocycles. The summed E-state index contributed by atoms with van der Waals surface area (Å²) >= 11 is 4.56. The molecule has 1 atom stereocenters. The van der Waals surface area contributed by atoms with Gasteiger partial charge in [-0.2, -0.15) is 0 Å². The van der Waals surface area contributed by atoms with Crippen molar-refractivity contribution in [1.82, 2.24) is 4.57 Å². The summed E-state index contributed by atoms with van der Waals surface area (Å²) in [7, 11) is 1.57. The van der Waals surface area contributed by atoms with E-state index in [4.69, 9.17) is 9.47 Å². The maximum Gasteiger partial charge on any atom is 0.338 e. The van der Waals surface area contributed by atoms with E-state index in [2.05, 4.69) is 20.9 Å². The van der Waals surface area contributed by atoms with Gasteiger partial charge in [-0.3, -0.25) is 9.36 Å². The van der Waals surface area contributed by atoms with E-state index in [1.54, 1.807) is 49.8 Å². The van der Waals surface area contributed by atoms with Crippen molar-refractivity contribution in [1.29, 1.82) is 0 Å². The summed E-state index contributed by atoms with van der Waals surface area (Å²) in [5.74, 6) is 0.133. The number of fused-ring (bicyclic) bond motifs is 2. The zero-order valence-electron chi connectivity index (χ0n) is 20.3. The van der Waals surface area contributed by atoms with Gasteiger partial charge in [0.25, 0.3) is 5.56 Å². The summed E-state index contributed by atoms with van der Waals surface area (Å²) in [6, 6.07) is 15.8. The van der Waals surface area contributed by atoms with Gasteiger partial charge < -0.3 is 14.6 Å². The maximum atomic E-state index is 13.9. The molecule has 0 radical (unpaired) electrons. The van der Waals surface area contributed by atoms with E-state index in [1.807, 2.05) is 36.4 Å². The summed E-state index contributed by atoms with van der Waals surface area (Å²) < 4.78 is 13.7. The molecule has 0 saturated heterocycles. The quantitative estimate of drug-likeness (QED) is 0.354. The Kier molecular flexibility index (Phi) is 6.74. The molecule has 1 N–H and O–H groups in total. The van der Waals surface area contributed by atoms with Crippen molar-refractivity contribution in [3.63, 3.8) is 0 Å². The van der Waals surface area contributed by atoms with Gasteiger partial charge in [-0.25, -0.2) is 9.79 Å². The lowest BCUT2D eigenvalue weighted by Gasteiger charge is -2.27. The number of aromatic nitrogens is 1. The first-order valence-electron chi connectivity index (χ1n) is 11.6. The van der Waals surface area contributed by atoms with E-state index < -0.39 is 12.0 Å². The normalized spacial score (nSPS) is 15.5. The summed E-state index contributed by atoms with van der Waals surface area (Å²) in [6.45, 7) is 3.69. The number of aromatic hydroxyl groups is 1. The number of allylic oxidation sites excluding steroid dienone is 1. The third-order valence-corrected chi connectivity index (χ3v) is 7.83. The van der Waals surface area contributed by atoms with Crippen molar-refractivity contribution in [2.24, 2.45) is 4.99 Å². The van der Waals surface area contributed by atoms with Crippen LogP contribution < -0.4 is 19.6 Å². The Balaban J connectivity index is 1.84. The van der Waals surface area contributed by atoms with E-state index in [0.29, 0.717) is 36.4 Å². The molecule has 0 fully saturated rings. The van der Waals surface area contributed by atoms with Crippen molar-refractivity contribution in [2.45, 2.75) is 19.9 Å². The largest absolute Gasteiger partial charge is 0.507 e. The Labute approximate surface area is 224 Å².